The van der Waals surface area contributed by atoms with E-state index in [9.17, 15) is 0 Å². The van der Waals surface area contributed by atoms with Crippen molar-refractivity contribution < 1.29 is 14.2 Å². The third-order valence-corrected chi connectivity index (χ3v) is 2.93. The maximum absolute atomic E-state index is 5.98. The van der Waals surface area contributed by atoms with Crippen molar-refractivity contribution >= 4 is 0 Å². The quantitative estimate of drug-likeness (QED) is 0.825. The Morgan fingerprint density at radius 3 is 2.21 bits per heavy atom. The van der Waals surface area contributed by atoms with E-state index in [0.29, 0.717) is 23.0 Å². The van der Waals surface area contributed by atoms with E-state index >= 15 is 0 Å². The molecule has 0 fully saturated rings. The third-order valence-electron chi connectivity index (χ3n) is 2.93. The van der Waals surface area contributed by atoms with Gasteiger partial charge in [0.2, 0.25) is 0 Å². The summed E-state index contributed by atoms with van der Waals surface area (Å²) in [5.41, 5.74) is 2.13. The summed E-state index contributed by atoms with van der Waals surface area (Å²) in [5, 5.41) is 0. The highest BCUT2D eigenvalue weighted by Gasteiger charge is 2.12. The third kappa shape index (κ3) is 2.81. The summed E-state index contributed by atoms with van der Waals surface area (Å²) in [6, 6.07) is 11.6. The molecule has 0 saturated carbocycles. The second-order valence-corrected chi connectivity index (χ2v) is 4.36. The zero-order valence-corrected chi connectivity index (χ0v) is 11.7. The predicted octanol–water partition coefficient (Wildman–Crippen LogP) is 4.11. The summed E-state index contributed by atoms with van der Waals surface area (Å²) in [6.45, 7) is 4.00. The van der Waals surface area contributed by atoms with Gasteiger partial charge in [-0.05, 0) is 43.2 Å². The minimum absolute atomic E-state index is 0.690. The number of para-hydroxylation sites is 1. The van der Waals surface area contributed by atoms with Crippen LogP contribution in [0.3, 0.4) is 0 Å². The molecule has 0 N–H and O–H groups in total. The molecular formula is C16H18O3. The molecule has 3 heteroatoms. The van der Waals surface area contributed by atoms with Gasteiger partial charge in [-0.15, -0.1) is 0 Å². The average Bonchev–Trinajstić information content (AvgIpc) is 2.41. The molecule has 0 unspecified atom stereocenters. The van der Waals surface area contributed by atoms with Crippen LogP contribution >= 0.6 is 0 Å². The minimum atomic E-state index is 0.690. The van der Waals surface area contributed by atoms with Gasteiger partial charge in [-0.2, -0.15) is 0 Å². The highest BCUT2D eigenvalue weighted by Crippen LogP contribution is 2.38. The first-order chi connectivity index (χ1) is 9.15. The predicted molar refractivity (Wildman–Crippen MR) is 75.5 cm³/mol. The van der Waals surface area contributed by atoms with E-state index in [2.05, 4.69) is 0 Å². The Balaban J connectivity index is 2.44. The van der Waals surface area contributed by atoms with E-state index < -0.39 is 0 Å². The van der Waals surface area contributed by atoms with Gasteiger partial charge in [-0.3, -0.25) is 0 Å². The first kappa shape index (κ1) is 13.3. The van der Waals surface area contributed by atoms with Crippen molar-refractivity contribution in [1.29, 1.82) is 0 Å². The van der Waals surface area contributed by atoms with Crippen molar-refractivity contribution in [2.24, 2.45) is 0 Å². The molecule has 2 aromatic carbocycles. The molecule has 2 rings (SSSR count). The van der Waals surface area contributed by atoms with Gasteiger partial charge in [-0.1, -0.05) is 18.2 Å². The first-order valence-electron chi connectivity index (χ1n) is 6.12. The molecule has 0 spiro atoms. The lowest BCUT2D eigenvalue weighted by Crippen LogP contribution is -1.95. The number of ether oxygens (including phenoxy) is 3. The molecule has 0 amide bonds. The van der Waals surface area contributed by atoms with Gasteiger partial charge in [0.1, 0.15) is 0 Å². The second-order valence-electron chi connectivity index (χ2n) is 4.36. The lowest BCUT2D eigenvalue weighted by molar-refractivity contribution is 0.355. The van der Waals surface area contributed by atoms with Gasteiger partial charge in [0.05, 0.1) is 14.2 Å². The van der Waals surface area contributed by atoms with Crippen molar-refractivity contribution in [2.45, 2.75) is 13.8 Å². The highest BCUT2D eigenvalue weighted by atomic mass is 16.5. The maximum Gasteiger partial charge on any atom is 0.172 e. The normalized spacial score (nSPS) is 10.1. The SMILES string of the molecule is COc1ccc(C)cc1Oc1c(C)cccc1OC. The van der Waals surface area contributed by atoms with E-state index in [1.165, 1.54) is 0 Å². The van der Waals surface area contributed by atoms with Crippen LogP contribution in [0.2, 0.25) is 0 Å². The summed E-state index contributed by atoms with van der Waals surface area (Å²) in [5.74, 6) is 2.82. The number of methoxy groups -OCH3 is 2. The second kappa shape index (κ2) is 5.65. The van der Waals surface area contributed by atoms with Crippen molar-refractivity contribution in [3.8, 4) is 23.0 Å². The van der Waals surface area contributed by atoms with Gasteiger partial charge >= 0.3 is 0 Å². The van der Waals surface area contributed by atoms with Crippen molar-refractivity contribution in [3.63, 3.8) is 0 Å². The fourth-order valence-corrected chi connectivity index (χ4v) is 1.89. The van der Waals surface area contributed by atoms with Gasteiger partial charge in [0, 0.05) is 0 Å². The number of aryl methyl sites for hydroxylation is 2. The molecule has 0 heterocycles. The van der Waals surface area contributed by atoms with Gasteiger partial charge in [0.25, 0.3) is 0 Å². The van der Waals surface area contributed by atoms with Crippen LogP contribution in [0.1, 0.15) is 11.1 Å². The molecule has 0 aliphatic rings. The zero-order valence-electron chi connectivity index (χ0n) is 11.7. The van der Waals surface area contributed by atoms with Gasteiger partial charge in [0.15, 0.2) is 23.0 Å². The number of hydrogen-bond acceptors (Lipinski definition) is 3. The molecule has 0 aliphatic carbocycles. The van der Waals surface area contributed by atoms with E-state index in [1.807, 2.05) is 50.2 Å². The lowest BCUT2D eigenvalue weighted by atomic mass is 10.2. The summed E-state index contributed by atoms with van der Waals surface area (Å²) in [6.07, 6.45) is 0. The van der Waals surface area contributed by atoms with Crippen molar-refractivity contribution in [3.05, 3.63) is 47.5 Å². The Morgan fingerprint density at radius 1 is 0.789 bits per heavy atom. The lowest BCUT2D eigenvalue weighted by Gasteiger charge is -2.15. The minimum Gasteiger partial charge on any atom is -0.493 e. The van der Waals surface area contributed by atoms with E-state index in [-0.39, 0.29) is 0 Å². The topological polar surface area (TPSA) is 27.7 Å². The number of benzene rings is 2. The average molecular weight is 258 g/mol. The number of rotatable bonds is 4. The van der Waals surface area contributed by atoms with Gasteiger partial charge < -0.3 is 14.2 Å². The van der Waals surface area contributed by atoms with Crippen LogP contribution in [0.15, 0.2) is 36.4 Å². The van der Waals surface area contributed by atoms with E-state index in [1.54, 1.807) is 14.2 Å². The molecule has 2 aromatic rings. The first-order valence-corrected chi connectivity index (χ1v) is 6.12. The Morgan fingerprint density at radius 2 is 1.53 bits per heavy atom. The molecule has 100 valence electrons. The summed E-state index contributed by atoms with van der Waals surface area (Å²) >= 11 is 0. The fraction of sp³-hybridized carbons (Fsp3) is 0.250. The molecule has 0 bridgehead atoms. The highest BCUT2D eigenvalue weighted by molar-refractivity contribution is 5.51. The van der Waals surface area contributed by atoms with Crippen molar-refractivity contribution in [2.75, 3.05) is 14.2 Å². The molecule has 0 aromatic heterocycles. The largest absolute Gasteiger partial charge is 0.493 e. The molecule has 0 atom stereocenters. The van der Waals surface area contributed by atoms with Crippen LogP contribution in [0.5, 0.6) is 23.0 Å². The van der Waals surface area contributed by atoms with Crippen LogP contribution in [-0.2, 0) is 0 Å². The molecule has 0 aliphatic heterocycles. The van der Waals surface area contributed by atoms with Crippen LogP contribution in [-0.4, -0.2) is 14.2 Å². The molecule has 0 saturated heterocycles. The van der Waals surface area contributed by atoms with E-state index in [0.717, 1.165) is 11.1 Å². The Labute approximate surface area is 113 Å². The molecular weight excluding hydrogens is 240 g/mol. The van der Waals surface area contributed by atoms with E-state index in [4.69, 9.17) is 14.2 Å². The fourth-order valence-electron chi connectivity index (χ4n) is 1.89. The van der Waals surface area contributed by atoms with Crippen LogP contribution in [0.25, 0.3) is 0 Å². The monoisotopic (exact) mass is 258 g/mol. The summed E-state index contributed by atoms with van der Waals surface area (Å²) in [4.78, 5) is 0. The summed E-state index contributed by atoms with van der Waals surface area (Å²) in [7, 11) is 3.27. The maximum atomic E-state index is 5.98. The Bertz CT molecular complexity index is 576. The van der Waals surface area contributed by atoms with Crippen LogP contribution in [0.4, 0.5) is 0 Å². The standard InChI is InChI=1S/C16H18O3/c1-11-8-9-13(17-3)15(10-11)19-16-12(2)6-5-7-14(16)18-4/h5-10H,1-4H3. The summed E-state index contributed by atoms with van der Waals surface area (Å²) < 4.78 is 16.6. The zero-order chi connectivity index (χ0) is 13.8. The Kier molecular flexibility index (Phi) is 3.95. The molecule has 3 nitrogen and oxygen atoms in total. The smallest absolute Gasteiger partial charge is 0.172 e. The van der Waals surface area contributed by atoms with Gasteiger partial charge in [-0.25, -0.2) is 0 Å². The Hall–Kier alpha value is -2.16. The number of hydrogen-bond donors (Lipinski definition) is 0. The van der Waals surface area contributed by atoms with Crippen LogP contribution < -0.4 is 14.2 Å². The molecule has 0 radical (unpaired) electrons. The van der Waals surface area contributed by atoms with Crippen molar-refractivity contribution in [1.82, 2.24) is 0 Å². The molecule has 19 heavy (non-hydrogen) atoms. The van der Waals surface area contributed by atoms with Crippen LogP contribution in [0, 0.1) is 13.8 Å².